The van der Waals surface area contributed by atoms with E-state index in [1.807, 2.05) is 0 Å². The predicted octanol–water partition coefficient (Wildman–Crippen LogP) is 10.5. The molecule has 2 saturated heterocycles. The van der Waals surface area contributed by atoms with Crippen LogP contribution in [-0.2, 0) is 28.5 Å². The Morgan fingerprint density at radius 3 is 1.17 bits per heavy atom. The summed E-state index contributed by atoms with van der Waals surface area (Å²) >= 11 is 0. The van der Waals surface area contributed by atoms with Crippen LogP contribution < -0.4 is 10.6 Å². The van der Waals surface area contributed by atoms with Crippen LogP contribution in [0.1, 0.15) is 209 Å². The molecule has 2 heterocycles. The van der Waals surface area contributed by atoms with Gasteiger partial charge in [-0.2, -0.15) is 0 Å². The molecule has 0 amide bonds. The van der Waals surface area contributed by atoms with Crippen molar-refractivity contribution in [2.45, 2.75) is 244 Å². The van der Waals surface area contributed by atoms with Crippen LogP contribution in [0.25, 0.3) is 0 Å². The highest BCUT2D eigenvalue weighted by molar-refractivity contribution is 5.70. The molecule has 0 spiro atoms. The number of rotatable bonds is 29. The quantitative estimate of drug-likeness (QED) is 0.0579. The van der Waals surface area contributed by atoms with Gasteiger partial charge in [0.15, 0.2) is 0 Å². The number of unbranched alkanes of at least 4 members (excludes halogenated alkanes) is 15. The van der Waals surface area contributed by atoms with Gasteiger partial charge in [-0.15, -0.1) is 0 Å². The number of piperidine rings is 2. The van der Waals surface area contributed by atoms with Gasteiger partial charge in [0.05, 0.1) is 13.2 Å². The van der Waals surface area contributed by atoms with Gasteiger partial charge in [-0.1, -0.05) is 104 Å². The molecular formula is C44H84N2O6. The molecule has 0 bridgehead atoms. The van der Waals surface area contributed by atoms with E-state index >= 15 is 0 Å². The van der Waals surface area contributed by atoms with Gasteiger partial charge in [-0.3, -0.25) is 9.59 Å². The molecule has 0 aliphatic carbocycles. The summed E-state index contributed by atoms with van der Waals surface area (Å²) in [5.41, 5.74) is -0.623. The Labute approximate surface area is 320 Å². The van der Waals surface area contributed by atoms with Crippen LogP contribution in [0, 0.1) is 0 Å². The third kappa shape index (κ3) is 21.6. The highest BCUT2D eigenvalue weighted by atomic mass is 16.5. The lowest BCUT2D eigenvalue weighted by Crippen LogP contribution is -2.63. The molecule has 2 aliphatic rings. The fraction of sp³-hybridized carbons (Fsp3) is 0.955. The van der Waals surface area contributed by atoms with E-state index in [2.05, 4.69) is 66.0 Å². The predicted molar refractivity (Wildman–Crippen MR) is 215 cm³/mol. The highest BCUT2D eigenvalue weighted by Crippen LogP contribution is 2.33. The lowest BCUT2D eigenvalue weighted by molar-refractivity contribution is -0.155. The fourth-order valence-electron chi connectivity index (χ4n) is 8.78. The van der Waals surface area contributed by atoms with Crippen LogP contribution in [-0.4, -0.2) is 72.7 Å². The molecule has 2 fully saturated rings. The van der Waals surface area contributed by atoms with Crippen molar-refractivity contribution in [1.29, 1.82) is 0 Å². The van der Waals surface area contributed by atoms with Crippen LogP contribution in [0.15, 0.2) is 0 Å². The van der Waals surface area contributed by atoms with Gasteiger partial charge in [0.2, 0.25) is 0 Å². The Balaban J connectivity index is 1.56. The van der Waals surface area contributed by atoms with Crippen molar-refractivity contribution < 1.29 is 28.5 Å². The molecule has 2 aliphatic heterocycles. The van der Waals surface area contributed by atoms with Crippen molar-refractivity contribution in [3.8, 4) is 0 Å². The average Bonchev–Trinajstić information content (AvgIpc) is 3.03. The highest BCUT2D eigenvalue weighted by Gasteiger charge is 2.43. The van der Waals surface area contributed by atoms with Gasteiger partial charge < -0.3 is 29.6 Å². The van der Waals surface area contributed by atoms with Crippen LogP contribution in [0.3, 0.4) is 0 Å². The summed E-state index contributed by atoms with van der Waals surface area (Å²) in [4.78, 5) is 25.6. The maximum Gasteiger partial charge on any atom is 0.306 e. The zero-order valence-electron chi connectivity index (χ0n) is 35.4. The lowest BCUT2D eigenvalue weighted by atomic mass is 9.80. The molecule has 0 aromatic carbocycles. The van der Waals surface area contributed by atoms with Crippen molar-refractivity contribution >= 4 is 11.9 Å². The number of esters is 2. The third-order valence-electron chi connectivity index (χ3n) is 10.8. The molecule has 4 atom stereocenters. The molecule has 0 aromatic rings. The molecule has 2 N–H and O–H groups in total. The van der Waals surface area contributed by atoms with Gasteiger partial charge in [-0.25, -0.2) is 0 Å². The summed E-state index contributed by atoms with van der Waals surface area (Å²) in [5, 5.41) is 7.53. The molecule has 306 valence electrons. The first-order chi connectivity index (χ1) is 24.7. The third-order valence-corrected chi connectivity index (χ3v) is 10.8. The Bertz CT molecular complexity index is 896. The number of hydrogen-bond donors (Lipinski definition) is 2. The second kappa shape index (κ2) is 25.0. The Morgan fingerprint density at radius 2 is 0.808 bits per heavy atom. The largest absolute Gasteiger partial charge is 0.462 e. The topological polar surface area (TPSA) is 95.1 Å². The second-order valence-electron chi connectivity index (χ2n) is 18.4. The number of ether oxygens (including phenoxy) is 4. The SMILES string of the molecule is CCCCCCCCOCC1(C)CC(OC(=O)CCCCCCCCC(=O)OC2CC(C)(C)NC(C)(COCCCCCCCC)C2)CC(C)(C)N1. The van der Waals surface area contributed by atoms with E-state index in [-0.39, 0.29) is 46.3 Å². The Morgan fingerprint density at radius 1 is 0.481 bits per heavy atom. The fourth-order valence-corrected chi connectivity index (χ4v) is 8.78. The standard InChI is InChI=1S/C44H84N2O6/c1-9-11-13-15-21-25-29-49-35-43(7)33-37(31-41(3,4)45-43)51-39(47)27-23-19-17-18-20-24-28-40(48)52-38-32-42(5,6)46-44(8,34-38)36-50-30-26-22-16-14-12-10-2/h37-38,45-46H,9-36H2,1-8H3. The zero-order valence-corrected chi connectivity index (χ0v) is 35.4. The Hall–Kier alpha value is -1.22. The van der Waals surface area contributed by atoms with Crippen molar-refractivity contribution in [3.05, 3.63) is 0 Å². The summed E-state index contributed by atoms with van der Waals surface area (Å²) in [6, 6.07) is 0. The normalized spacial score (nSPS) is 25.5. The first kappa shape index (κ1) is 46.9. The van der Waals surface area contributed by atoms with E-state index in [1.165, 1.54) is 64.2 Å². The lowest BCUT2D eigenvalue weighted by Gasteiger charge is -2.47. The van der Waals surface area contributed by atoms with Crippen molar-refractivity contribution in [2.24, 2.45) is 0 Å². The molecule has 52 heavy (non-hydrogen) atoms. The number of carbonyl (C=O) groups excluding carboxylic acids is 2. The first-order valence-electron chi connectivity index (χ1n) is 21.8. The summed E-state index contributed by atoms with van der Waals surface area (Å²) in [5.74, 6) is -0.162. The van der Waals surface area contributed by atoms with Gasteiger partial charge in [-0.05, 0) is 67.2 Å². The van der Waals surface area contributed by atoms with Gasteiger partial charge in [0, 0.05) is 73.9 Å². The van der Waals surface area contributed by atoms with E-state index in [4.69, 9.17) is 18.9 Å². The molecule has 0 radical (unpaired) electrons. The van der Waals surface area contributed by atoms with Gasteiger partial charge in [0.1, 0.15) is 12.2 Å². The van der Waals surface area contributed by atoms with E-state index in [0.29, 0.717) is 26.1 Å². The van der Waals surface area contributed by atoms with E-state index < -0.39 is 0 Å². The van der Waals surface area contributed by atoms with Crippen molar-refractivity contribution in [2.75, 3.05) is 26.4 Å². The smallest absolute Gasteiger partial charge is 0.306 e. The number of nitrogens with one attached hydrogen (secondary N) is 2. The van der Waals surface area contributed by atoms with Crippen LogP contribution in [0.2, 0.25) is 0 Å². The van der Waals surface area contributed by atoms with Gasteiger partial charge >= 0.3 is 11.9 Å². The number of hydrogen-bond acceptors (Lipinski definition) is 8. The van der Waals surface area contributed by atoms with Gasteiger partial charge in [0.25, 0.3) is 0 Å². The minimum absolute atomic E-state index is 0.0812. The van der Waals surface area contributed by atoms with E-state index in [0.717, 1.165) is 90.3 Å². The first-order valence-corrected chi connectivity index (χ1v) is 21.8. The zero-order chi connectivity index (χ0) is 38.4. The number of carbonyl (C=O) groups is 2. The summed E-state index contributed by atoms with van der Waals surface area (Å²) in [6.45, 7) is 20.5. The Kier molecular flexibility index (Phi) is 22.6. The minimum atomic E-state index is -0.201. The molecule has 2 rings (SSSR count). The molecule has 8 nitrogen and oxygen atoms in total. The van der Waals surface area contributed by atoms with E-state index in [9.17, 15) is 9.59 Å². The summed E-state index contributed by atoms with van der Waals surface area (Å²) in [6.07, 6.45) is 24.9. The average molecular weight is 737 g/mol. The maximum absolute atomic E-state index is 12.8. The molecule has 8 heteroatoms. The van der Waals surface area contributed by atoms with Crippen LogP contribution in [0.5, 0.6) is 0 Å². The maximum atomic E-state index is 12.8. The molecular weight excluding hydrogens is 652 g/mol. The molecule has 0 aromatic heterocycles. The van der Waals surface area contributed by atoms with Crippen molar-refractivity contribution in [3.63, 3.8) is 0 Å². The summed E-state index contributed by atoms with van der Waals surface area (Å²) in [7, 11) is 0. The van der Waals surface area contributed by atoms with E-state index in [1.54, 1.807) is 0 Å². The minimum Gasteiger partial charge on any atom is -0.462 e. The van der Waals surface area contributed by atoms with Crippen molar-refractivity contribution in [1.82, 2.24) is 10.6 Å². The second-order valence-corrected chi connectivity index (χ2v) is 18.4. The monoisotopic (exact) mass is 737 g/mol. The molecule has 4 unspecified atom stereocenters. The molecule has 0 saturated carbocycles. The summed E-state index contributed by atoms with van der Waals surface area (Å²) < 4.78 is 24.2. The van der Waals surface area contributed by atoms with Crippen LogP contribution >= 0.6 is 0 Å². The van der Waals surface area contributed by atoms with Crippen LogP contribution in [0.4, 0.5) is 0 Å².